The molecular weight excluding hydrogens is 319 g/mol. The lowest BCUT2D eigenvalue weighted by atomic mass is 10.2. The molecule has 7 heteroatoms. The summed E-state index contributed by atoms with van der Waals surface area (Å²) in [7, 11) is 0. The molecule has 0 spiro atoms. The van der Waals surface area contributed by atoms with Crippen molar-refractivity contribution in [1.29, 1.82) is 0 Å². The van der Waals surface area contributed by atoms with Crippen LogP contribution in [0.5, 0.6) is 5.75 Å². The number of halogens is 3. The first-order valence-corrected chi connectivity index (χ1v) is 7.28. The van der Waals surface area contributed by atoms with Gasteiger partial charge in [-0.2, -0.15) is 13.2 Å². The molecule has 0 unspecified atom stereocenters. The van der Waals surface area contributed by atoms with Crippen molar-refractivity contribution in [3.63, 3.8) is 0 Å². The quantitative estimate of drug-likeness (QED) is 0.495. The van der Waals surface area contributed by atoms with E-state index in [1.165, 1.54) is 12.1 Å². The SMILES string of the molecule is Cc1ccc(NC(N)=NCCOc2cccc(C(F)(F)F)c2)cc1. The Bertz CT molecular complexity index is 697. The number of benzene rings is 2. The highest BCUT2D eigenvalue weighted by Gasteiger charge is 2.30. The van der Waals surface area contributed by atoms with Gasteiger partial charge in [-0.15, -0.1) is 0 Å². The highest BCUT2D eigenvalue weighted by Crippen LogP contribution is 2.31. The summed E-state index contributed by atoms with van der Waals surface area (Å²) in [6.07, 6.45) is -4.39. The number of nitrogens with zero attached hydrogens (tertiary/aromatic N) is 1. The van der Waals surface area contributed by atoms with Crippen molar-refractivity contribution in [3.05, 3.63) is 59.7 Å². The molecule has 0 saturated heterocycles. The van der Waals surface area contributed by atoms with Gasteiger partial charge in [-0.1, -0.05) is 23.8 Å². The van der Waals surface area contributed by atoms with E-state index in [9.17, 15) is 13.2 Å². The first-order chi connectivity index (χ1) is 11.3. The first kappa shape index (κ1) is 17.7. The molecule has 0 aromatic heterocycles. The molecule has 2 aromatic carbocycles. The van der Waals surface area contributed by atoms with E-state index in [0.29, 0.717) is 0 Å². The van der Waals surface area contributed by atoms with Crippen LogP contribution in [0.4, 0.5) is 18.9 Å². The highest BCUT2D eigenvalue weighted by molar-refractivity contribution is 5.92. The Morgan fingerprint density at radius 3 is 2.54 bits per heavy atom. The van der Waals surface area contributed by atoms with Gasteiger partial charge in [0.05, 0.1) is 12.1 Å². The number of hydrogen-bond acceptors (Lipinski definition) is 2. The molecule has 0 fully saturated rings. The molecule has 2 rings (SSSR count). The van der Waals surface area contributed by atoms with Crippen LogP contribution in [0, 0.1) is 6.92 Å². The highest BCUT2D eigenvalue weighted by atomic mass is 19.4. The number of guanidine groups is 1. The smallest absolute Gasteiger partial charge is 0.416 e. The molecule has 128 valence electrons. The minimum Gasteiger partial charge on any atom is -0.492 e. The van der Waals surface area contributed by atoms with Gasteiger partial charge in [0.25, 0.3) is 0 Å². The second-order valence-corrected chi connectivity index (χ2v) is 5.13. The molecule has 3 N–H and O–H groups in total. The largest absolute Gasteiger partial charge is 0.492 e. The number of ether oxygens (including phenoxy) is 1. The van der Waals surface area contributed by atoms with Crippen LogP contribution >= 0.6 is 0 Å². The monoisotopic (exact) mass is 337 g/mol. The van der Waals surface area contributed by atoms with Crippen LogP contribution in [0.15, 0.2) is 53.5 Å². The van der Waals surface area contributed by atoms with Gasteiger partial charge in [0, 0.05) is 5.69 Å². The number of aliphatic imine (C=N–C) groups is 1. The second kappa shape index (κ2) is 7.72. The minimum absolute atomic E-state index is 0.123. The van der Waals surface area contributed by atoms with Gasteiger partial charge in [0.1, 0.15) is 12.4 Å². The van der Waals surface area contributed by atoms with E-state index in [4.69, 9.17) is 10.5 Å². The zero-order chi connectivity index (χ0) is 17.6. The average Bonchev–Trinajstić information content (AvgIpc) is 2.53. The molecule has 0 amide bonds. The molecule has 4 nitrogen and oxygen atoms in total. The van der Waals surface area contributed by atoms with Crippen molar-refractivity contribution in [2.75, 3.05) is 18.5 Å². The van der Waals surface area contributed by atoms with Crippen LogP contribution in [0.1, 0.15) is 11.1 Å². The van der Waals surface area contributed by atoms with Crippen LogP contribution < -0.4 is 15.8 Å². The summed E-state index contributed by atoms with van der Waals surface area (Å²) in [5.41, 5.74) is 6.93. The fraction of sp³-hybridized carbons (Fsp3) is 0.235. The van der Waals surface area contributed by atoms with E-state index in [-0.39, 0.29) is 24.9 Å². The minimum atomic E-state index is -4.39. The Labute approximate surface area is 138 Å². The predicted octanol–water partition coefficient (Wildman–Crippen LogP) is 3.82. The topological polar surface area (TPSA) is 59.6 Å². The average molecular weight is 337 g/mol. The predicted molar refractivity (Wildman–Crippen MR) is 88.2 cm³/mol. The van der Waals surface area contributed by atoms with Crippen molar-refractivity contribution >= 4 is 11.6 Å². The summed E-state index contributed by atoms with van der Waals surface area (Å²) in [6.45, 7) is 2.32. The number of nitrogens with one attached hydrogen (secondary N) is 1. The number of alkyl halides is 3. The summed E-state index contributed by atoms with van der Waals surface area (Å²) >= 11 is 0. The van der Waals surface area contributed by atoms with Crippen LogP contribution in [0.2, 0.25) is 0 Å². The van der Waals surface area contributed by atoms with Gasteiger partial charge in [-0.25, -0.2) is 4.99 Å². The van der Waals surface area contributed by atoms with E-state index in [0.717, 1.165) is 23.4 Å². The van der Waals surface area contributed by atoms with E-state index in [1.807, 2.05) is 31.2 Å². The lowest BCUT2D eigenvalue weighted by Gasteiger charge is -2.10. The van der Waals surface area contributed by atoms with E-state index in [1.54, 1.807) is 0 Å². The normalized spacial score (nSPS) is 12.1. The molecule has 0 atom stereocenters. The van der Waals surface area contributed by atoms with Crippen molar-refractivity contribution in [2.24, 2.45) is 10.7 Å². The number of hydrogen-bond donors (Lipinski definition) is 2. The Balaban J connectivity index is 1.82. The van der Waals surface area contributed by atoms with E-state index in [2.05, 4.69) is 10.3 Å². The first-order valence-electron chi connectivity index (χ1n) is 7.28. The molecule has 0 bridgehead atoms. The van der Waals surface area contributed by atoms with E-state index < -0.39 is 11.7 Å². The number of anilines is 1. The standard InChI is InChI=1S/C17H18F3N3O/c1-12-5-7-14(8-6-12)23-16(21)22-9-10-24-15-4-2-3-13(11-15)17(18,19)20/h2-8,11H,9-10H2,1H3,(H3,21,22,23). The zero-order valence-corrected chi connectivity index (χ0v) is 13.1. The Kier molecular flexibility index (Phi) is 5.68. The van der Waals surface area contributed by atoms with Crippen molar-refractivity contribution in [2.45, 2.75) is 13.1 Å². The van der Waals surface area contributed by atoms with Gasteiger partial charge >= 0.3 is 6.18 Å². The second-order valence-electron chi connectivity index (χ2n) is 5.13. The third kappa shape index (κ3) is 5.49. The van der Waals surface area contributed by atoms with Crippen molar-refractivity contribution < 1.29 is 17.9 Å². The summed E-state index contributed by atoms with van der Waals surface area (Å²) in [4.78, 5) is 4.06. The summed E-state index contributed by atoms with van der Waals surface area (Å²) in [5, 5.41) is 2.92. The maximum absolute atomic E-state index is 12.6. The maximum Gasteiger partial charge on any atom is 0.416 e. The van der Waals surface area contributed by atoms with Crippen LogP contribution in [0.25, 0.3) is 0 Å². The zero-order valence-electron chi connectivity index (χ0n) is 13.1. The Hall–Kier alpha value is -2.70. The molecule has 0 aliphatic rings. The Morgan fingerprint density at radius 1 is 1.17 bits per heavy atom. The van der Waals surface area contributed by atoms with Gasteiger partial charge in [0.2, 0.25) is 0 Å². The number of nitrogens with two attached hydrogens (primary N) is 1. The molecule has 0 saturated carbocycles. The summed E-state index contributed by atoms with van der Waals surface area (Å²) in [6, 6.07) is 12.3. The molecule has 24 heavy (non-hydrogen) atoms. The molecule has 0 heterocycles. The summed E-state index contributed by atoms with van der Waals surface area (Å²) < 4.78 is 43.0. The van der Waals surface area contributed by atoms with Gasteiger partial charge < -0.3 is 15.8 Å². The van der Waals surface area contributed by atoms with Crippen LogP contribution in [0.3, 0.4) is 0 Å². The third-order valence-corrected chi connectivity index (χ3v) is 3.13. The number of rotatable bonds is 5. The van der Waals surface area contributed by atoms with Crippen LogP contribution in [-0.2, 0) is 6.18 Å². The lowest BCUT2D eigenvalue weighted by Crippen LogP contribution is -2.23. The molecule has 0 aliphatic heterocycles. The maximum atomic E-state index is 12.6. The van der Waals surface area contributed by atoms with Crippen molar-refractivity contribution in [1.82, 2.24) is 0 Å². The Morgan fingerprint density at radius 2 is 1.88 bits per heavy atom. The number of aryl methyl sites for hydroxylation is 1. The van der Waals surface area contributed by atoms with Gasteiger partial charge in [-0.05, 0) is 37.3 Å². The molecule has 0 radical (unpaired) electrons. The lowest BCUT2D eigenvalue weighted by molar-refractivity contribution is -0.137. The van der Waals surface area contributed by atoms with Gasteiger partial charge in [-0.3, -0.25) is 0 Å². The fourth-order valence-corrected chi connectivity index (χ4v) is 1.92. The fourth-order valence-electron chi connectivity index (χ4n) is 1.92. The summed E-state index contributed by atoms with van der Waals surface area (Å²) in [5.74, 6) is 0.358. The van der Waals surface area contributed by atoms with Crippen molar-refractivity contribution in [3.8, 4) is 5.75 Å². The third-order valence-electron chi connectivity index (χ3n) is 3.13. The van der Waals surface area contributed by atoms with Gasteiger partial charge in [0.15, 0.2) is 5.96 Å². The molecular formula is C17H18F3N3O. The van der Waals surface area contributed by atoms with Crippen LogP contribution in [-0.4, -0.2) is 19.1 Å². The molecule has 2 aromatic rings. The van der Waals surface area contributed by atoms with E-state index >= 15 is 0 Å². The molecule has 0 aliphatic carbocycles.